The van der Waals surface area contributed by atoms with Crippen molar-refractivity contribution in [1.29, 1.82) is 0 Å². The van der Waals surface area contributed by atoms with Crippen molar-refractivity contribution in [3.63, 3.8) is 0 Å². The molecule has 2 saturated carbocycles. The average Bonchev–Trinajstić information content (AvgIpc) is 2.74. The fourth-order valence-electron chi connectivity index (χ4n) is 7.55. The molecule has 2 fully saturated rings. The molecule has 0 saturated heterocycles. The molecule has 2 unspecified atom stereocenters. The van der Waals surface area contributed by atoms with Gasteiger partial charge in [0.25, 0.3) is 0 Å². The molecular weight excluding hydrogens is 376 g/mol. The van der Waals surface area contributed by atoms with Crippen LogP contribution in [0.3, 0.4) is 0 Å². The van der Waals surface area contributed by atoms with Crippen LogP contribution in [0, 0.1) is 17.3 Å². The van der Waals surface area contributed by atoms with Gasteiger partial charge in [-0.3, -0.25) is 0 Å². The van der Waals surface area contributed by atoms with Crippen LogP contribution < -0.4 is 10.6 Å². The zero-order valence-electron chi connectivity index (χ0n) is 21.0. The third kappa shape index (κ3) is 4.76. The van der Waals surface area contributed by atoms with Crippen molar-refractivity contribution in [3.05, 3.63) is 34.9 Å². The van der Waals surface area contributed by atoms with Gasteiger partial charge in [-0.05, 0) is 83.8 Å². The van der Waals surface area contributed by atoms with Gasteiger partial charge in [0.2, 0.25) is 0 Å². The van der Waals surface area contributed by atoms with Gasteiger partial charge in [0, 0.05) is 25.7 Å². The Labute approximate surface area is 192 Å². The average molecular weight is 425 g/mol. The molecule has 2 heteroatoms. The van der Waals surface area contributed by atoms with Gasteiger partial charge in [0.1, 0.15) is 0 Å². The Hall–Kier alpha value is -0.860. The minimum Gasteiger partial charge on any atom is -0.315 e. The Morgan fingerprint density at radius 1 is 1.00 bits per heavy atom. The topological polar surface area (TPSA) is 24.1 Å². The molecule has 4 rings (SSSR count). The zero-order chi connectivity index (χ0) is 22.1. The van der Waals surface area contributed by atoms with Crippen LogP contribution >= 0.6 is 0 Å². The van der Waals surface area contributed by atoms with Crippen molar-refractivity contribution in [2.45, 2.75) is 110 Å². The molecular formula is C29H48N2. The van der Waals surface area contributed by atoms with E-state index >= 15 is 0 Å². The smallest absolute Gasteiger partial charge is 0.00932 e. The first-order chi connectivity index (χ1) is 14.8. The number of hydrogen-bond donors (Lipinski definition) is 2. The first-order valence-electron chi connectivity index (χ1n) is 13.4. The first-order valence-corrected chi connectivity index (χ1v) is 13.4. The summed E-state index contributed by atoms with van der Waals surface area (Å²) in [4.78, 5) is 0. The minimum atomic E-state index is 0.355. The van der Waals surface area contributed by atoms with E-state index in [2.05, 4.69) is 63.5 Å². The Kier molecular flexibility index (Phi) is 7.18. The second kappa shape index (κ2) is 9.56. The fraction of sp³-hybridized carbons (Fsp3) is 0.793. The Balaban J connectivity index is 1.37. The van der Waals surface area contributed by atoms with Gasteiger partial charge in [-0.25, -0.2) is 0 Å². The number of benzene rings is 1. The van der Waals surface area contributed by atoms with E-state index in [-0.39, 0.29) is 0 Å². The molecule has 31 heavy (non-hydrogen) atoms. The van der Waals surface area contributed by atoms with E-state index in [1.807, 2.05) is 0 Å². The quantitative estimate of drug-likeness (QED) is 0.483. The van der Waals surface area contributed by atoms with Crippen LogP contribution in [0.4, 0.5) is 0 Å². The van der Waals surface area contributed by atoms with E-state index in [9.17, 15) is 0 Å². The Morgan fingerprint density at radius 3 is 2.58 bits per heavy atom. The fourth-order valence-corrected chi connectivity index (χ4v) is 7.55. The predicted molar refractivity (Wildman–Crippen MR) is 134 cm³/mol. The summed E-state index contributed by atoms with van der Waals surface area (Å²) in [5.74, 6) is 2.27. The predicted octanol–water partition coefficient (Wildman–Crippen LogP) is 6.58. The van der Waals surface area contributed by atoms with Crippen molar-refractivity contribution in [2.24, 2.45) is 17.3 Å². The molecule has 2 nitrogen and oxygen atoms in total. The lowest BCUT2D eigenvalue weighted by Crippen LogP contribution is -2.53. The van der Waals surface area contributed by atoms with Gasteiger partial charge >= 0.3 is 0 Å². The molecule has 2 N–H and O–H groups in total. The molecule has 174 valence electrons. The highest BCUT2D eigenvalue weighted by molar-refractivity contribution is 5.42. The van der Waals surface area contributed by atoms with Crippen molar-refractivity contribution >= 4 is 0 Å². The Bertz CT molecular complexity index is 740. The molecule has 5 atom stereocenters. The SMILES string of the molecule is CC(C)c1ccc2c(c1)CC[C@H]1[C@](C)(CNCCNC3CCCCC3C)CCC[C@]21C. The maximum Gasteiger partial charge on any atom is 0.00932 e. The summed E-state index contributed by atoms with van der Waals surface area (Å²) >= 11 is 0. The molecule has 1 aromatic rings. The van der Waals surface area contributed by atoms with Gasteiger partial charge in [0.15, 0.2) is 0 Å². The monoisotopic (exact) mass is 424 g/mol. The number of nitrogens with one attached hydrogen (secondary N) is 2. The van der Waals surface area contributed by atoms with E-state index in [4.69, 9.17) is 0 Å². The van der Waals surface area contributed by atoms with Crippen LogP contribution in [0.1, 0.15) is 109 Å². The van der Waals surface area contributed by atoms with Gasteiger partial charge in [0.05, 0.1) is 0 Å². The molecule has 1 aromatic carbocycles. The summed E-state index contributed by atoms with van der Waals surface area (Å²) in [5.41, 5.74) is 5.61. The maximum absolute atomic E-state index is 3.89. The summed E-state index contributed by atoms with van der Waals surface area (Å²) in [5, 5.41) is 7.74. The summed E-state index contributed by atoms with van der Waals surface area (Å²) < 4.78 is 0. The Morgan fingerprint density at radius 2 is 1.81 bits per heavy atom. The molecule has 0 aromatic heterocycles. The molecule has 0 spiro atoms. The van der Waals surface area contributed by atoms with E-state index < -0.39 is 0 Å². The normalized spacial score (nSPS) is 35.6. The largest absolute Gasteiger partial charge is 0.315 e. The number of rotatable bonds is 7. The standard InChI is InChI=1S/C29H48N2/c1-21(2)23-11-13-25-24(19-23)12-14-27-28(4,15-8-16-29(25,27)5)20-30-17-18-31-26-10-7-6-9-22(26)3/h11,13,19,21-22,26-27,30-31H,6-10,12,14-18,20H2,1-5H3/t22?,26?,27-,28-,29+/m0/s1. The summed E-state index contributed by atoms with van der Waals surface area (Å²) in [6.07, 6.45) is 12.4. The second-order valence-electron chi connectivity index (χ2n) is 12.1. The summed E-state index contributed by atoms with van der Waals surface area (Å²) in [6.45, 7) is 15.7. The highest BCUT2D eigenvalue weighted by Crippen LogP contribution is 2.57. The maximum atomic E-state index is 3.89. The van der Waals surface area contributed by atoms with Crippen molar-refractivity contribution in [1.82, 2.24) is 10.6 Å². The molecule has 0 radical (unpaired) electrons. The highest BCUT2D eigenvalue weighted by atomic mass is 15.0. The van der Waals surface area contributed by atoms with Crippen LogP contribution in [-0.4, -0.2) is 25.7 Å². The van der Waals surface area contributed by atoms with Gasteiger partial charge in [-0.1, -0.05) is 72.1 Å². The molecule has 0 bridgehead atoms. The number of hydrogen-bond acceptors (Lipinski definition) is 2. The lowest BCUT2D eigenvalue weighted by Gasteiger charge is -2.55. The third-order valence-corrected chi connectivity index (χ3v) is 9.52. The summed E-state index contributed by atoms with van der Waals surface area (Å²) in [7, 11) is 0. The first kappa shape index (κ1) is 23.3. The number of fused-ring (bicyclic) bond motifs is 3. The zero-order valence-corrected chi connectivity index (χ0v) is 21.0. The van der Waals surface area contributed by atoms with E-state index in [0.717, 1.165) is 31.0 Å². The van der Waals surface area contributed by atoms with Crippen molar-refractivity contribution in [3.8, 4) is 0 Å². The lowest BCUT2D eigenvalue weighted by atomic mass is 9.49. The van der Waals surface area contributed by atoms with E-state index in [1.54, 1.807) is 11.1 Å². The molecule has 0 amide bonds. The molecule has 3 aliphatic rings. The summed E-state index contributed by atoms with van der Waals surface area (Å²) in [6, 6.07) is 8.20. The lowest BCUT2D eigenvalue weighted by molar-refractivity contribution is 0.0260. The van der Waals surface area contributed by atoms with Crippen molar-refractivity contribution < 1.29 is 0 Å². The van der Waals surface area contributed by atoms with Crippen LogP contribution in [0.5, 0.6) is 0 Å². The van der Waals surface area contributed by atoms with Crippen LogP contribution in [0.25, 0.3) is 0 Å². The van der Waals surface area contributed by atoms with Crippen LogP contribution in [-0.2, 0) is 11.8 Å². The van der Waals surface area contributed by atoms with Gasteiger partial charge < -0.3 is 10.6 Å². The number of aryl methyl sites for hydroxylation is 1. The highest BCUT2D eigenvalue weighted by Gasteiger charge is 2.51. The third-order valence-electron chi connectivity index (χ3n) is 9.52. The molecule has 3 aliphatic carbocycles. The van der Waals surface area contributed by atoms with Gasteiger partial charge in [-0.15, -0.1) is 0 Å². The second-order valence-corrected chi connectivity index (χ2v) is 12.1. The van der Waals surface area contributed by atoms with E-state index in [1.165, 1.54) is 69.9 Å². The van der Waals surface area contributed by atoms with Gasteiger partial charge in [-0.2, -0.15) is 0 Å². The minimum absolute atomic E-state index is 0.355. The van der Waals surface area contributed by atoms with E-state index in [0.29, 0.717) is 16.7 Å². The molecule has 0 aliphatic heterocycles. The molecule has 0 heterocycles. The van der Waals surface area contributed by atoms with Crippen molar-refractivity contribution in [2.75, 3.05) is 19.6 Å². The van der Waals surface area contributed by atoms with Crippen LogP contribution in [0.15, 0.2) is 18.2 Å². The van der Waals surface area contributed by atoms with Crippen LogP contribution in [0.2, 0.25) is 0 Å².